The first kappa shape index (κ1) is 12.4. The molecule has 0 aromatic rings. The third-order valence-corrected chi connectivity index (χ3v) is 3.61. The first-order valence-corrected chi connectivity index (χ1v) is 5.99. The van der Waals surface area contributed by atoms with Gasteiger partial charge in [-0.1, -0.05) is 13.3 Å². The summed E-state index contributed by atoms with van der Waals surface area (Å²) in [5, 5.41) is 0. The zero-order valence-corrected chi connectivity index (χ0v) is 10.1. The summed E-state index contributed by atoms with van der Waals surface area (Å²) < 4.78 is 0. The van der Waals surface area contributed by atoms with E-state index in [1.54, 1.807) is 13.8 Å². The molecular weight excluding hydrogens is 188 g/mol. The summed E-state index contributed by atoms with van der Waals surface area (Å²) in [7, 11) is 0. The van der Waals surface area contributed by atoms with Crippen molar-refractivity contribution in [2.75, 3.05) is 0 Å². The van der Waals surface area contributed by atoms with Crippen molar-refractivity contribution < 1.29 is 9.59 Å². The van der Waals surface area contributed by atoms with Gasteiger partial charge in [0.1, 0.15) is 11.6 Å². The van der Waals surface area contributed by atoms with Crippen LogP contribution in [0, 0.1) is 17.8 Å². The highest BCUT2D eigenvalue weighted by Crippen LogP contribution is 2.36. The van der Waals surface area contributed by atoms with Gasteiger partial charge in [-0.2, -0.15) is 0 Å². The Kier molecular flexibility index (Phi) is 4.49. The van der Waals surface area contributed by atoms with E-state index in [2.05, 4.69) is 0 Å². The van der Waals surface area contributed by atoms with Crippen molar-refractivity contribution in [3.8, 4) is 0 Å². The molecule has 86 valence electrons. The lowest BCUT2D eigenvalue weighted by Crippen LogP contribution is -2.11. The van der Waals surface area contributed by atoms with Gasteiger partial charge in [-0.15, -0.1) is 0 Å². The molecule has 0 heterocycles. The summed E-state index contributed by atoms with van der Waals surface area (Å²) in [6.07, 6.45) is 5.29. The maximum Gasteiger partial charge on any atom is 0.132 e. The van der Waals surface area contributed by atoms with Crippen LogP contribution in [-0.2, 0) is 9.59 Å². The lowest BCUT2D eigenvalue weighted by molar-refractivity contribution is -0.121. The Morgan fingerprint density at radius 3 is 2.33 bits per heavy atom. The molecule has 0 saturated heterocycles. The Balaban J connectivity index is 2.30. The molecular formula is C13H22O2. The molecule has 2 heteroatoms. The van der Waals surface area contributed by atoms with Crippen molar-refractivity contribution in [2.45, 2.75) is 52.9 Å². The summed E-state index contributed by atoms with van der Waals surface area (Å²) in [5.74, 6) is 2.07. The van der Waals surface area contributed by atoms with E-state index in [0.717, 1.165) is 19.3 Å². The van der Waals surface area contributed by atoms with Crippen LogP contribution in [0.5, 0.6) is 0 Å². The second kappa shape index (κ2) is 5.43. The number of Topliss-reactive ketones (excluding diaryl/α,β-unsaturated/α-hetero) is 2. The first-order chi connectivity index (χ1) is 6.99. The van der Waals surface area contributed by atoms with Crippen molar-refractivity contribution >= 4 is 11.6 Å². The molecule has 1 aliphatic carbocycles. The molecule has 2 nitrogen and oxygen atoms in total. The molecule has 0 amide bonds. The lowest BCUT2D eigenvalue weighted by Gasteiger charge is -2.14. The van der Waals surface area contributed by atoms with Gasteiger partial charge < -0.3 is 4.79 Å². The molecule has 0 bridgehead atoms. The summed E-state index contributed by atoms with van der Waals surface area (Å²) >= 11 is 0. The van der Waals surface area contributed by atoms with Crippen LogP contribution >= 0.6 is 0 Å². The highest BCUT2D eigenvalue weighted by molar-refractivity contribution is 5.77. The van der Waals surface area contributed by atoms with Gasteiger partial charge in [-0.05, 0) is 44.9 Å². The van der Waals surface area contributed by atoms with Crippen molar-refractivity contribution in [2.24, 2.45) is 17.8 Å². The van der Waals surface area contributed by atoms with Gasteiger partial charge in [0.15, 0.2) is 0 Å². The second-order valence-electron chi connectivity index (χ2n) is 5.20. The summed E-state index contributed by atoms with van der Waals surface area (Å²) in [6, 6.07) is 0. The first-order valence-electron chi connectivity index (χ1n) is 5.99. The number of hydrogen-bond donors (Lipinski definition) is 0. The minimum absolute atomic E-state index is 0.200. The van der Waals surface area contributed by atoms with E-state index in [9.17, 15) is 9.59 Å². The van der Waals surface area contributed by atoms with Gasteiger partial charge in [-0.3, -0.25) is 4.79 Å². The van der Waals surface area contributed by atoms with E-state index in [-0.39, 0.29) is 5.92 Å². The van der Waals surface area contributed by atoms with Crippen molar-refractivity contribution in [1.29, 1.82) is 0 Å². The molecule has 3 atom stereocenters. The summed E-state index contributed by atoms with van der Waals surface area (Å²) in [5.41, 5.74) is 0. The van der Waals surface area contributed by atoms with Crippen molar-refractivity contribution in [1.82, 2.24) is 0 Å². The fourth-order valence-corrected chi connectivity index (χ4v) is 2.65. The summed E-state index contributed by atoms with van der Waals surface area (Å²) in [4.78, 5) is 22.1. The fraction of sp³-hybridized carbons (Fsp3) is 0.846. The molecule has 0 radical (unpaired) electrons. The third kappa shape index (κ3) is 4.15. The average Bonchev–Trinajstić information content (AvgIpc) is 2.51. The molecule has 0 aromatic carbocycles. The Morgan fingerprint density at radius 1 is 1.20 bits per heavy atom. The molecule has 1 fully saturated rings. The normalized spacial score (nSPS) is 27.7. The van der Waals surface area contributed by atoms with Gasteiger partial charge in [0.05, 0.1) is 0 Å². The Labute approximate surface area is 92.4 Å². The zero-order chi connectivity index (χ0) is 11.4. The van der Waals surface area contributed by atoms with E-state index in [0.29, 0.717) is 23.4 Å². The van der Waals surface area contributed by atoms with E-state index in [4.69, 9.17) is 0 Å². The van der Waals surface area contributed by atoms with Crippen LogP contribution in [0.4, 0.5) is 0 Å². The van der Waals surface area contributed by atoms with E-state index in [1.165, 1.54) is 12.8 Å². The Hall–Kier alpha value is -0.660. The molecule has 1 aliphatic rings. The predicted molar refractivity (Wildman–Crippen MR) is 60.6 cm³/mol. The van der Waals surface area contributed by atoms with Crippen molar-refractivity contribution in [3.63, 3.8) is 0 Å². The highest BCUT2D eigenvalue weighted by Gasteiger charge is 2.27. The molecule has 3 unspecified atom stereocenters. The van der Waals surface area contributed by atoms with E-state index >= 15 is 0 Å². The molecule has 15 heavy (non-hydrogen) atoms. The number of ketones is 2. The predicted octanol–water partition coefficient (Wildman–Crippen LogP) is 3.00. The van der Waals surface area contributed by atoms with Crippen LogP contribution in [0.3, 0.4) is 0 Å². The van der Waals surface area contributed by atoms with Gasteiger partial charge >= 0.3 is 0 Å². The monoisotopic (exact) mass is 210 g/mol. The smallest absolute Gasteiger partial charge is 0.132 e. The fourth-order valence-electron chi connectivity index (χ4n) is 2.65. The zero-order valence-electron chi connectivity index (χ0n) is 10.1. The molecule has 0 aromatic heterocycles. The molecule has 1 saturated carbocycles. The molecule has 0 N–H and O–H groups in total. The lowest BCUT2D eigenvalue weighted by atomic mass is 9.91. The number of rotatable bonds is 5. The third-order valence-electron chi connectivity index (χ3n) is 3.61. The average molecular weight is 210 g/mol. The van der Waals surface area contributed by atoms with Crippen LogP contribution in [0.15, 0.2) is 0 Å². The maximum atomic E-state index is 11.1. The van der Waals surface area contributed by atoms with E-state index < -0.39 is 0 Å². The molecule has 1 rings (SSSR count). The minimum atomic E-state index is 0.200. The summed E-state index contributed by atoms with van der Waals surface area (Å²) in [6.45, 7) is 5.36. The van der Waals surface area contributed by atoms with Gasteiger partial charge in [0.25, 0.3) is 0 Å². The van der Waals surface area contributed by atoms with Crippen LogP contribution < -0.4 is 0 Å². The second-order valence-corrected chi connectivity index (χ2v) is 5.20. The molecule has 0 aliphatic heterocycles. The van der Waals surface area contributed by atoms with Gasteiger partial charge in [0.2, 0.25) is 0 Å². The Morgan fingerprint density at radius 2 is 1.80 bits per heavy atom. The minimum Gasteiger partial charge on any atom is -0.300 e. The highest BCUT2D eigenvalue weighted by atomic mass is 16.1. The van der Waals surface area contributed by atoms with Crippen LogP contribution in [0.2, 0.25) is 0 Å². The number of carbonyl (C=O) groups excluding carboxylic acids is 2. The van der Waals surface area contributed by atoms with Crippen LogP contribution in [-0.4, -0.2) is 11.6 Å². The van der Waals surface area contributed by atoms with Crippen molar-refractivity contribution in [3.05, 3.63) is 0 Å². The van der Waals surface area contributed by atoms with Gasteiger partial charge in [0, 0.05) is 12.3 Å². The Bertz CT molecular complexity index is 245. The standard InChI is InChI=1S/C13H22O2/c1-9(11(3)15)6-12-4-5-13(8-12)7-10(2)14/h9,12-13H,4-8H2,1-3H3. The number of carbonyl (C=O) groups is 2. The topological polar surface area (TPSA) is 34.1 Å². The number of hydrogen-bond acceptors (Lipinski definition) is 2. The van der Waals surface area contributed by atoms with Gasteiger partial charge in [-0.25, -0.2) is 0 Å². The van der Waals surface area contributed by atoms with Crippen LogP contribution in [0.1, 0.15) is 52.9 Å². The largest absolute Gasteiger partial charge is 0.300 e. The quantitative estimate of drug-likeness (QED) is 0.699. The SMILES string of the molecule is CC(=O)CC1CCC(CC(C)C(C)=O)C1. The van der Waals surface area contributed by atoms with Crippen LogP contribution in [0.25, 0.3) is 0 Å². The van der Waals surface area contributed by atoms with E-state index in [1.807, 2.05) is 6.92 Å². The maximum absolute atomic E-state index is 11.1. The molecule has 0 spiro atoms.